The maximum absolute atomic E-state index is 13.1. The minimum Gasteiger partial charge on any atom is -0.483 e. The zero-order valence-electron chi connectivity index (χ0n) is 19.6. The van der Waals surface area contributed by atoms with Crippen molar-refractivity contribution in [3.63, 3.8) is 0 Å². The van der Waals surface area contributed by atoms with Gasteiger partial charge in [-0.15, -0.1) is 0 Å². The van der Waals surface area contributed by atoms with E-state index in [1.807, 2.05) is 43.3 Å². The summed E-state index contributed by atoms with van der Waals surface area (Å²) in [5, 5.41) is 6.28. The molecule has 1 heterocycles. The number of benzene rings is 2. The molecule has 0 saturated carbocycles. The summed E-state index contributed by atoms with van der Waals surface area (Å²) >= 11 is 3.55. The zero-order valence-corrected chi connectivity index (χ0v) is 21.2. The van der Waals surface area contributed by atoms with E-state index in [0.29, 0.717) is 35.4 Å². The SMILES string of the molecule is Cc1ccc(NC(=O)COc2ccc(Br)cc2C2C3=C(CCCC3=O)NC3=C2C(=O)CCC3)cc1. The number of hydrogen-bond donors (Lipinski definition) is 2. The first-order chi connectivity index (χ1) is 16.9. The normalized spacial score (nSPS) is 18.1. The first-order valence-electron chi connectivity index (χ1n) is 12.0. The molecule has 2 aromatic carbocycles. The van der Waals surface area contributed by atoms with Crippen molar-refractivity contribution < 1.29 is 19.1 Å². The van der Waals surface area contributed by atoms with Crippen molar-refractivity contribution in [2.75, 3.05) is 11.9 Å². The Bertz CT molecular complexity index is 1230. The number of carbonyl (C=O) groups is 3. The van der Waals surface area contributed by atoms with E-state index < -0.39 is 5.92 Å². The molecule has 0 fully saturated rings. The number of nitrogens with one attached hydrogen (secondary N) is 2. The Morgan fingerprint density at radius 2 is 1.60 bits per heavy atom. The third-order valence-electron chi connectivity index (χ3n) is 6.77. The lowest BCUT2D eigenvalue weighted by molar-refractivity contribution is -0.119. The molecule has 6 nitrogen and oxygen atoms in total. The largest absolute Gasteiger partial charge is 0.483 e. The number of carbonyl (C=O) groups excluding carboxylic acids is 3. The number of rotatable bonds is 5. The number of aryl methyl sites for hydroxylation is 1. The lowest BCUT2D eigenvalue weighted by Crippen LogP contribution is -2.36. The number of anilines is 1. The topological polar surface area (TPSA) is 84.5 Å². The van der Waals surface area contributed by atoms with E-state index in [-0.39, 0.29) is 24.1 Å². The van der Waals surface area contributed by atoms with Crippen LogP contribution in [0.5, 0.6) is 5.75 Å². The molecular weight excluding hydrogens is 508 g/mol. The molecule has 2 aliphatic carbocycles. The molecule has 0 radical (unpaired) electrons. The van der Waals surface area contributed by atoms with Gasteiger partial charge >= 0.3 is 0 Å². The van der Waals surface area contributed by atoms with E-state index >= 15 is 0 Å². The summed E-state index contributed by atoms with van der Waals surface area (Å²) in [4.78, 5) is 38.9. The molecule has 3 aliphatic rings. The fourth-order valence-electron chi connectivity index (χ4n) is 5.15. The molecule has 35 heavy (non-hydrogen) atoms. The standard InChI is InChI=1S/C28H27BrN2O4/c1-16-8-11-18(12-9-16)30-25(34)15-35-24-13-10-17(29)14-19(24)26-27-20(4-2-6-22(27)32)31-21-5-3-7-23(33)28(21)26/h8-14,26,31H,2-7,15H2,1H3,(H,30,34). The fraction of sp³-hybridized carbons (Fsp3) is 0.321. The lowest BCUT2D eigenvalue weighted by Gasteiger charge is -2.37. The summed E-state index contributed by atoms with van der Waals surface area (Å²) in [6.45, 7) is 1.80. The average molecular weight is 535 g/mol. The molecule has 5 rings (SSSR count). The molecule has 0 unspecified atom stereocenters. The van der Waals surface area contributed by atoms with Crippen LogP contribution in [-0.4, -0.2) is 24.1 Å². The maximum atomic E-state index is 13.1. The second kappa shape index (κ2) is 9.82. The molecule has 0 bridgehead atoms. The van der Waals surface area contributed by atoms with Crippen LogP contribution in [0.4, 0.5) is 5.69 Å². The smallest absolute Gasteiger partial charge is 0.262 e. The highest BCUT2D eigenvalue weighted by molar-refractivity contribution is 9.10. The summed E-state index contributed by atoms with van der Waals surface area (Å²) < 4.78 is 6.83. The number of allylic oxidation sites excluding steroid dienone is 4. The van der Waals surface area contributed by atoms with Gasteiger partial charge in [-0.3, -0.25) is 14.4 Å². The summed E-state index contributed by atoms with van der Waals surface area (Å²) in [5.41, 5.74) is 5.70. The third kappa shape index (κ3) is 4.82. The highest BCUT2D eigenvalue weighted by atomic mass is 79.9. The van der Waals surface area contributed by atoms with Crippen molar-refractivity contribution in [2.24, 2.45) is 0 Å². The summed E-state index contributed by atoms with van der Waals surface area (Å²) in [6.07, 6.45) is 4.11. The Labute approximate surface area is 212 Å². The highest BCUT2D eigenvalue weighted by Crippen LogP contribution is 2.48. The second-order valence-electron chi connectivity index (χ2n) is 9.28. The van der Waals surface area contributed by atoms with Gasteiger partial charge in [-0.05, 0) is 62.9 Å². The van der Waals surface area contributed by atoms with Crippen LogP contribution in [0.3, 0.4) is 0 Å². The summed E-state index contributed by atoms with van der Waals surface area (Å²) in [6, 6.07) is 13.1. The van der Waals surface area contributed by atoms with Gasteiger partial charge in [0.15, 0.2) is 18.2 Å². The van der Waals surface area contributed by atoms with E-state index in [0.717, 1.165) is 52.7 Å². The molecule has 1 amide bonds. The van der Waals surface area contributed by atoms with Crippen molar-refractivity contribution in [1.29, 1.82) is 0 Å². The van der Waals surface area contributed by atoms with E-state index in [1.165, 1.54) is 0 Å². The third-order valence-corrected chi connectivity index (χ3v) is 7.26. The lowest BCUT2D eigenvalue weighted by atomic mass is 9.71. The number of dihydropyridines is 1. The predicted octanol–water partition coefficient (Wildman–Crippen LogP) is 5.48. The van der Waals surface area contributed by atoms with E-state index in [1.54, 1.807) is 6.07 Å². The van der Waals surface area contributed by atoms with Crippen LogP contribution in [0.1, 0.15) is 55.6 Å². The van der Waals surface area contributed by atoms with E-state index in [4.69, 9.17) is 4.74 Å². The Morgan fingerprint density at radius 3 is 2.23 bits per heavy atom. The van der Waals surface area contributed by atoms with Crippen LogP contribution in [0, 0.1) is 6.92 Å². The minimum absolute atomic E-state index is 0.0664. The Morgan fingerprint density at radius 1 is 0.971 bits per heavy atom. The molecule has 180 valence electrons. The van der Waals surface area contributed by atoms with Crippen LogP contribution < -0.4 is 15.4 Å². The number of ketones is 2. The Balaban J connectivity index is 1.48. The number of hydrogen-bond acceptors (Lipinski definition) is 5. The highest BCUT2D eigenvalue weighted by Gasteiger charge is 2.41. The molecule has 0 atom stereocenters. The van der Waals surface area contributed by atoms with Gasteiger partial charge in [0.25, 0.3) is 5.91 Å². The van der Waals surface area contributed by atoms with Gasteiger partial charge in [-0.2, -0.15) is 0 Å². The molecular formula is C28H27BrN2O4. The van der Waals surface area contributed by atoms with Crippen molar-refractivity contribution in [3.05, 3.63) is 80.6 Å². The quantitative estimate of drug-likeness (QED) is 0.530. The number of ether oxygens (including phenoxy) is 1. The first kappa shape index (κ1) is 23.5. The van der Waals surface area contributed by atoms with Crippen molar-refractivity contribution in [2.45, 2.75) is 51.4 Å². The van der Waals surface area contributed by atoms with Gasteiger partial charge in [-0.25, -0.2) is 0 Å². The fourth-order valence-corrected chi connectivity index (χ4v) is 5.53. The van der Waals surface area contributed by atoms with Gasteiger partial charge in [-0.1, -0.05) is 33.6 Å². The van der Waals surface area contributed by atoms with Crippen molar-refractivity contribution >= 4 is 39.1 Å². The van der Waals surface area contributed by atoms with Gasteiger partial charge in [0.1, 0.15) is 5.75 Å². The van der Waals surface area contributed by atoms with Crippen LogP contribution in [0.25, 0.3) is 0 Å². The van der Waals surface area contributed by atoms with Gasteiger partial charge < -0.3 is 15.4 Å². The first-order valence-corrected chi connectivity index (χ1v) is 12.8. The van der Waals surface area contributed by atoms with Crippen LogP contribution in [-0.2, 0) is 14.4 Å². The number of Topliss-reactive ketones (excluding diaryl/α,β-unsaturated/α-hetero) is 2. The molecule has 7 heteroatoms. The zero-order chi connectivity index (χ0) is 24.5. The van der Waals surface area contributed by atoms with Gasteiger partial charge in [0.05, 0.1) is 0 Å². The predicted molar refractivity (Wildman–Crippen MR) is 137 cm³/mol. The maximum Gasteiger partial charge on any atom is 0.262 e. The molecule has 2 aromatic rings. The average Bonchev–Trinajstić information content (AvgIpc) is 2.84. The molecule has 0 spiro atoms. The number of amides is 1. The van der Waals surface area contributed by atoms with Gasteiger partial charge in [0.2, 0.25) is 0 Å². The molecule has 1 aliphatic heterocycles. The summed E-state index contributed by atoms with van der Waals surface area (Å²) in [7, 11) is 0. The van der Waals surface area contributed by atoms with E-state index in [2.05, 4.69) is 26.6 Å². The Hall–Kier alpha value is -3.19. The molecule has 2 N–H and O–H groups in total. The van der Waals surface area contributed by atoms with Crippen LogP contribution in [0.2, 0.25) is 0 Å². The Kier molecular flexibility index (Phi) is 6.60. The van der Waals surface area contributed by atoms with Crippen molar-refractivity contribution in [3.8, 4) is 5.75 Å². The van der Waals surface area contributed by atoms with Crippen molar-refractivity contribution in [1.82, 2.24) is 5.32 Å². The number of halogens is 1. The minimum atomic E-state index is -0.491. The molecule has 0 saturated heterocycles. The monoisotopic (exact) mass is 534 g/mol. The van der Waals surface area contributed by atoms with Crippen LogP contribution in [0.15, 0.2) is 69.5 Å². The summed E-state index contributed by atoms with van der Waals surface area (Å²) in [5.74, 6) is -0.145. The van der Waals surface area contributed by atoms with Gasteiger partial charge in [0, 0.05) is 57.0 Å². The molecule has 0 aromatic heterocycles. The second-order valence-corrected chi connectivity index (χ2v) is 10.2. The van der Waals surface area contributed by atoms with E-state index in [9.17, 15) is 14.4 Å². The van der Waals surface area contributed by atoms with Crippen LogP contribution >= 0.6 is 15.9 Å².